The average Bonchev–Trinajstić information content (AvgIpc) is 3.26. The van der Waals surface area contributed by atoms with Crippen LogP contribution in [0.4, 0.5) is 24.8 Å². The van der Waals surface area contributed by atoms with Gasteiger partial charge < -0.3 is 20.9 Å². The molecule has 0 radical (unpaired) electrons. The number of rotatable bonds is 7. The van der Waals surface area contributed by atoms with E-state index in [9.17, 15) is 22.8 Å². The van der Waals surface area contributed by atoms with E-state index in [2.05, 4.69) is 26.0 Å². The molecule has 6 rings (SSSR count). The molecule has 3 N–H and O–H groups in total. The molecule has 0 bridgehead atoms. The van der Waals surface area contributed by atoms with E-state index in [4.69, 9.17) is 0 Å². The minimum absolute atomic E-state index is 0.0715. The molecule has 2 unspecified atom stereocenters. The molecule has 204 valence electrons. The smallest absolute Gasteiger partial charge is 0.349 e. The van der Waals surface area contributed by atoms with Gasteiger partial charge in [-0.25, -0.2) is 4.52 Å². The van der Waals surface area contributed by atoms with Gasteiger partial charge in [-0.2, -0.15) is 18.2 Å². The number of hydrogen-bond acceptors (Lipinski definition) is 6. The predicted octanol–water partition coefficient (Wildman–Crippen LogP) is 3.38. The third-order valence-electron chi connectivity index (χ3n) is 7.69. The number of carbonyl (C=O) groups is 2. The molecule has 4 heterocycles. The largest absolute Gasteiger partial charge is 0.389 e. The lowest BCUT2D eigenvalue weighted by Crippen LogP contribution is -2.35. The summed E-state index contributed by atoms with van der Waals surface area (Å²) >= 11 is 0. The average molecular weight is 540 g/mol. The summed E-state index contributed by atoms with van der Waals surface area (Å²) in [6.45, 7) is 2.53. The number of piperidine rings is 1. The summed E-state index contributed by atoms with van der Waals surface area (Å²) in [5, 5.41) is 14.1. The molecule has 12 heteroatoms. The molecule has 0 spiro atoms. The fourth-order valence-electron chi connectivity index (χ4n) is 5.46. The van der Waals surface area contributed by atoms with Crippen molar-refractivity contribution in [3.63, 3.8) is 0 Å². The number of anilines is 2. The van der Waals surface area contributed by atoms with Crippen LogP contribution in [-0.2, 0) is 4.79 Å². The van der Waals surface area contributed by atoms with Gasteiger partial charge in [0.05, 0.1) is 6.42 Å². The molecule has 2 atom stereocenters. The summed E-state index contributed by atoms with van der Waals surface area (Å²) in [5.41, 5.74) is 3.78. The quantitative estimate of drug-likeness (QED) is 0.426. The molecule has 9 nitrogen and oxygen atoms in total. The van der Waals surface area contributed by atoms with Crippen molar-refractivity contribution in [2.75, 3.05) is 31.5 Å². The van der Waals surface area contributed by atoms with E-state index in [0.29, 0.717) is 42.0 Å². The van der Waals surface area contributed by atoms with Crippen LogP contribution < -0.4 is 16.0 Å². The molecule has 1 aliphatic carbocycles. The number of amides is 2. The van der Waals surface area contributed by atoms with Crippen LogP contribution in [0.5, 0.6) is 0 Å². The highest BCUT2D eigenvalue weighted by Crippen LogP contribution is 2.41. The van der Waals surface area contributed by atoms with Gasteiger partial charge in [-0.15, -0.1) is 5.10 Å². The lowest BCUT2D eigenvalue weighted by atomic mass is 10.00. The van der Waals surface area contributed by atoms with Gasteiger partial charge in [-0.3, -0.25) is 9.59 Å². The van der Waals surface area contributed by atoms with Crippen LogP contribution in [0, 0.1) is 11.8 Å². The Kier molecular flexibility index (Phi) is 6.49. The Balaban J connectivity index is 1.10. The van der Waals surface area contributed by atoms with Crippen molar-refractivity contribution in [2.24, 2.45) is 11.8 Å². The summed E-state index contributed by atoms with van der Waals surface area (Å²) < 4.78 is 39.0. The first-order valence-electron chi connectivity index (χ1n) is 13.0. The second-order valence-electron chi connectivity index (χ2n) is 10.2. The Morgan fingerprint density at radius 2 is 1.87 bits per heavy atom. The molecule has 2 aliphatic heterocycles. The molecular formula is C27H28F3N7O2. The SMILES string of the molecule is O=C(NC1C2CNCC21)c1ccc(Nc2nc3c(C4=CCN(C(=O)CCC(F)(F)F)CC4)cccn3n2)cc1. The van der Waals surface area contributed by atoms with Crippen LogP contribution in [0.3, 0.4) is 0 Å². The maximum absolute atomic E-state index is 12.6. The number of benzene rings is 1. The summed E-state index contributed by atoms with van der Waals surface area (Å²) in [5.74, 6) is 0.923. The van der Waals surface area contributed by atoms with E-state index in [0.717, 1.165) is 29.9 Å². The first-order chi connectivity index (χ1) is 18.7. The van der Waals surface area contributed by atoms with Crippen molar-refractivity contribution < 1.29 is 22.8 Å². The molecule has 2 aromatic heterocycles. The van der Waals surface area contributed by atoms with Gasteiger partial charge in [0.25, 0.3) is 5.91 Å². The second-order valence-corrected chi connectivity index (χ2v) is 10.2. The summed E-state index contributed by atoms with van der Waals surface area (Å²) in [6.07, 6.45) is -1.83. The molecule has 3 aromatic rings. The van der Waals surface area contributed by atoms with Crippen molar-refractivity contribution in [3.05, 3.63) is 59.8 Å². The topological polar surface area (TPSA) is 104 Å². The zero-order chi connectivity index (χ0) is 27.1. The summed E-state index contributed by atoms with van der Waals surface area (Å²) in [7, 11) is 0. The van der Waals surface area contributed by atoms with Gasteiger partial charge in [0, 0.05) is 61.7 Å². The fourth-order valence-corrected chi connectivity index (χ4v) is 5.46. The van der Waals surface area contributed by atoms with E-state index in [1.165, 1.54) is 4.90 Å². The van der Waals surface area contributed by atoms with Gasteiger partial charge in [0.1, 0.15) is 0 Å². The minimum Gasteiger partial charge on any atom is -0.349 e. The molecule has 39 heavy (non-hydrogen) atoms. The van der Waals surface area contributed by atoms with Gasteiger partial charge >= 0.3 is 6.18 Å². The van der Waals surface area contributed by atoms with Crippen LogP contribution >= 0.6 is 0 Å². The highest BCUT2D eigenvalue weighted by Gasteiger charge is 2.53. The van der Waals surface area contributed by atoms with Crippen LogP contribution in [0.15, 0.2) is 48.7 Å². The lowest BCUT2D eigenvalue weighted by molar-refractivity contribution is -0.148. The number of nitrogens with one attached hydrogen (secondary N) is 3. The number of fused-ring (bicyclic) bond motifs is 2. The van der Waals surface area contributed by atoms with E-state index in [-0.39, 0.29) is 18.5 Å². The third-order valence-corrected chi connectivity index (χ3v) is 7.69. The van der Waals surface area contributed by atoms with Crippen molar-refractivity contribution in [2.45, 2.75) is 31.5 Å². The van der Waals surface area contributed by atoms with Gasteiger partial charge in [-0.1, -0.05) is 6.08 Å². The molecule has 1 saturated carbocycles. The zero-order valence-corrected chi connectivity index (χ0v) is 21.0. The maximum atomic E-state index is 12.6. The Hall–Kier alpha value is -3.93. The van der Waals surface area contributed by atoms with E-state index < -0.39 is 24.9 Å². The standard InChI is InChI=1S/C27H28F3N7O2/c28-27(29,30)10-7-22(38)36-12-8-16(9-13-36)19-2-1-11-37-24(19)34-26(35-37)32-18-5-3-17(4-6-18)25(39)33-23-20-14-31-15-21(20)23/h1-6,8,11,20-21,23,31H,7,9-10,12-15H2,(H,32,35)(H,33,39). The van der Waals surface area contributed by atoms with Gasteiger partial charge in [-0.05, 0) is 60.2 Å². The molecular weight excluding hydrogens is 511 g/mol. The maximum Gasteiger partial charge on any atom is 0.389 e. The molecule has 2 amide bonds. The summed E-state index contributed by atoms with van der Waals surface area (Å²) in [4.78, 5) is 30.8. The third kappa shape index (κ3) is 5.47. The Bertz CT molecular complexity index is 1420. The number of hydrogen-bond donors (Lipinski definition) is 3. The highest BCUT2D eigenvalue weighted by molar-refractivity contribution is 5.95. The zero-order valence-electron chi connectivity index (χ0n) is 21.0. The second kappa shape index (κ2) is 9.99. The number of nitrogens with zero attached hydrogens (tertiary/aromatic N) is 4. The van der Waals surface area contributed by atoms with Crippen molar-refractivity contribution >= 4 is 34.7 Å². The fraction of sp³-hybridized carbons (Fsp3) is 0.407. The van der Waals surface area contributed by atoms with Crippen LogP contribution in [0.25, 0.3) is 11.2 Å². The van der Waals surface area contributed by atoms with Crippen molar-refractivity contribution in [1.82, 2.24) is 30.1 Å². The number of alkyl halides is 3. The number of carbonyl (C=O) groups excluding carboxylic acids is 2. The first kappa shape index (κ1) is 25.4. The van der Waals surface area contributed by atoms with E-state index >= 15 is 0 Å². The Morgan fingerprint density at radius 3 is 2.56 bits per heavy atom. The van der Waals surface area contributed by atoms with E-state index in [1.54, 1.807) is 22.8 Å². The normalized spacial score (nSPS) is 22.4. The molecule has 3 aliphatic rings. The van der Waals surface area contributed by atoms with Crippen molar-refractivity contribution in [3.8, 4) is 0 Å². The molecule has 2 fully saturated rings. The monoisotopic (exact) mass is 539 g/mol. The number of pyridine rings is 1. The summed E-state index contributed by atoms with van der Waals surface area (Å²) in [6, 6.07) is 11.2. The van der Waals surface area contributed by atoms with Crippen LogP contribution in [0.2, 0.25) is 0 Å². The number of aromatic nitrogens is 3. The Labute approximate surface area is 222 Å². The predicted molar refractivity (Wildman–Crippen MR) is 138 cm³/mol. The minimum atomic E-state index is -4.34. The van der Waals surface area contributed by atoms with Gasteiger partial charge in [0.15, 0.2) is 5.65 Å². The first-order valence-corrected chi connectivity index (χ1v) is 13.0. The molecule has 1 saturated heterocycles. The van der Waals surface area contributed by atoms with Gasteiger partial charge in [0.2, 0.25) is 11.9 Å². The van der Waals surface area contributed by atoms with E-state index in [1.807, 2.05) is 30.3 Å². The van der Waals surface area contributed by atoms with Crippen molar-refractivity contribution in [1.29, 1.82) is 0 Å². The molecule has 1 aromatic carbocycles. The number of halogens is 3. The Morgan fingerprint density at radius 1 is 1.10 bits per heavy atom. The highest BCUT2D eigenvalue weighted by atomic mass is 19.4. The van der Waals surface area contributed by atoms with Crippen LogP contribution in [0.1, 0.15) is 35.2 Å². The van der Waals surface area contributed by atoms with Crippen LogP contribution in [-0.4, -0.2) is 69.7 Å². The lowest BCUT2D eigenvalue weighted by Gasteiger charge is -2.27.